The zero-order valence-electron chi connectivity index (χ0n) is 16.6. The molecule has 0 heterocycles. The molecule has 0 saturated carbocycles. The third-order valence-electron chi connectivity index (χ3n) is 4.85. The first kappa shape index (κ1) is 22.6. The molecule has 25 heavy (non-hydrogen) atoms. The number of benzene rings is 1. The van der Waals surface area contributed by atoms with Gasteiger partial charge in [-0.15, -0.1) is 11.1 Å². The lowest BCUT2D eigenvalue weighted by molar-refractivity contribution is 0.531. The second kappa shape index (κ2) is 14.7. The average molecular weight is 383 g/mol. The van der Waals surface area contributed by atoms with Gasteiger partial charge in [-0.2, -0.15) is 0 Å². The molecule has 1 nitrogen and oxygen atoms in total. The van der Waals surface area contributed by atoms with Gasteiger partial charge in [-0.3, -0.25) is 0 Å². The lowest BCUT2D eigenvalue weighted by atomic mass is 10.1. The second-order valence-corrected chi connectivity index (χ2v) is 12.4. The smallest absolute Gasteiger partial charge is 0.347 e. The van der Waals surface area contributed by atoms with Crippen LogP contribution in [0.1, 0.15) is 90.9 Å². The van der Waals surface area contributed by atoms with Crippen LogP contribution in [-0.2, 0) is 0 Å². The van der Waals surface area contributed by atoms with Crippen LogP contribution in [0.5, 0.6) is 5.75 Å². The van der Waals surface area contributed by atoms with Crippen molar-refractivity contribution < 1.29 is 4.43 Å². The molecule has 1 aromatic carbocycles. The number of unbranched alkanes of at least 4 members (excludes halogenated alkanes) is 10. The van der Waals surface area contributed by atoms with Crippen LogP contribution in [0, 0.1) is 0 Å². The van der Waals surface area contributed by atoms with Crippen LogP contribution in [0.2, 0.25) is 12.1 Å². The molecule has 0 unspecified atom stereocenters. The van der Waals surface area contributed by atoms with Crippen molar-refractivity contribution in [2.45, 2.75) is 103 Å². The highest BCUT2D eigenvalue weighted by Crippen LogP contribution is 2.30. The number of rotatable bonds is 16. The number of hydrogen-bond donors (Lipinski definition) is 0. The van der Waals surface area contributed by atoms with Gasteiger partial charge >= 0.3 is 7.63 Å². The van der Waals surface area contributed by atoms with Crippen molar-refractivity contribution in [3.05, 3.63) is 30.3 Å². The Labute approximate surface area is 162 Å². The lowest BCUT2D eigenvalue weighted by Gasteiger charge is -2.26. The third kappa shape index (κ3) is 11.7. The molecular formula is C22H39ClOSi. The predicted octanol–water partition coefficient (Wildman–Crippen LogP) is 8.47. The van der Waals surface area contributed by atoms with Crippen LogP contribution in [0.15, 0.2) is 30.3 Å². The molecule has 0 aliphatic heterocycles. The SMILES string of the molecule is CCCCCCCC[Si](Cl)(CCCCCCCC)Oc1ccccc1. The fourth-order valence-corrected chi connectivity index (χ4v) is 6.90. The van der Waals surface area contributed by atoms with E-state index >= 15 is 0 Å². The number of para-hydroxylation sites is 1. The van der Waals surface area contributed by atoms with Crippen molar-refractivity contribution in [3.63, 3.8) is 0 Å². The first-order valence-electron chi connectivity index (χ1n) is 10.6. The summed E-state index contributed by atoms with van der Waals surface area (Å²) in [5.74, 6) is 0.959. The molecule has 0 aliphatic carbocycles. The van der Waals surface area contributed by atoms with Crippen LogP contribution in [0.3, 0.4) is 0 Å². The minimum absolute atomic E-state index is 0.959. The highest BCUT2D eigenvalue weighted by Gasteiger charge is 2.33. The van der Waals surface area contributed by atoms with Gasteiger partial charge in [-0.05, 0) is 24.2 Å². The van der Waals surface area contributed by atoms with E-state index < -0.39 is 7.63 Å². The maximum absolute atomic E-state index is 7.07. The highest BCUT2D eigenvalue weighted by molar-refractivity contribution is 7.17. The normalized spacial score (nSPS) is 11.6. The summed E-state index contributed by atoms with van der Waals surface area (Å²) in [5.41, 5.74) is 0. The first-order chi connectivity index (χ1) is 12.2. The molecule has 0 atom stereocenters. The Morgan fingerprint density at radius 2 is 1.12 bits per heavy atom. The van der Waals surface area contributed by atoms with Gasteiger partial charge in [0, 0.05) is 0 Å². The van der Waals surface area contributed by atoms with Crippen LogP contribution in [0.25, 0.3) is 0 Å². The van der Waals surface area contributed by atoms with Crippen molar-refractivity contribution in [1.29, 1.82) is 0 Å². The van der Waals surface area contributed by atoms with Crippen molar-refractivity contribution in [3.8, 4) is 5.75 Å². The molecule has 0 radical (unpaired) electrons. The van der Waals surface area contributed by atoms with Crippen LogP contribution in [0.4, 0.5) is 0 Å². The van der Waals surface area contributed by atoms with E-state index in [0.717, 1.165) is 17.8 Å². The van der Waals surface area contributed by atoms with E-state index in [1.165, 1.54) is 77.0 Å². The fraction of sp³-hybridized carbons (Fsp3) is 0.727. The van der Waals surface area contributed by atoms with Crippen molar-refractivity contribution in [1.82, 2.24) is 0 Å². The zero-order valence-corrected chi connectivity index (χ0v) is 18.3. The Bertz CT molecular complexity index is 394. The largest absolute Gasteiger partial charge is 0.529 e. The molecule has 0 spiro atoms. The summed E-state index contributed by atoms with van der Waals surface area (Å²) in [6.07, 6.45) is 15.8. The summed E-state index contributed by atoms with van der Waals surface area (Å²) in [6.45, 7) is 4.54. The summed E-state index contributed by atoms with van der Waals surface area (Å²) in [6, 6.07) is 12.4. The van der Waals surface area contributed by atoms with E-state index in [0.29, 0.717) is 0 Å². The van der Waals surface area contributed by atoms with Gasteiger partial charge in [0.25, 0.3) is 0 Å². The van der Waals surface area contributed by atoms with E-state index in [-0.39, 0.29) is 0 Å². The molecule has 1 aromatic rings. The quantitative estimate of drug-likeness (QED) is 0.158. The van der Waals surface area contributed by atoms with Gasteiger partial charge in [-0.1, -0.05) is 109 Å². The van der Waals surface area contributed by atoms with E-state index in [4.69, 9.17) is 15.5 Å². The fourth-order valence-electron chi connectivity index (χ4n) is 3.27. The maximum atomic E-state index is 7.07. The third-order valence-corrected chi connectivity index (χ3v) is 9.02. The minimum atomic E-state index is -2.16. The number of halogens is 1. The van der Waals surface area contributed by atoms with Gasteiger partial charge in [0.2, 0.25) is 0 Å². The summed E-state index contributed by atoms with van der Waals surface area (Å²) >= 11 is 7.07. The summed E-state index contributed by atoms with van der Waals surface area (Å²) < 4.78 is 6.36. The minimum Gasteiger partial charge on any atom is -0.529 e. The second-order valence-electron chi connectivity index (χ2n) is 7.33. The summed E-state index contributed by atoms with van der Waals surface area (Å²) in [7, 11) is -2.16. The molecule has 0 bridgehead atoms. The molecule has 0 fully saturated rings. The van der Waals surface area contributed by atoms with E-state index in [9.17, 15) is 0 Å². The van der Waals surface area contributed by atoms with Gasteiger partial charge in [0.1, 0.15) is 5.75 Å². The van der Waals surface area contributed by atoms with Crippen molar-refractivity contribution in [2.75, 3.05) is 0 Å². The van der Waals surface area contributed by atoms with Crippen molar-refractivity contribution in [2.24, 2.45) is 0 Å². The van der Waals surface area contributed by atoms with E-state index in [1.54, 1.807) is 0 Å². The highest BCUT2D eigenvalue weighted by atomic mass is 35.6. The molecular weight excluding hydrogens is 344 g/mol. The standard InChI is InChI=1S/C22H39ClOSi/c1-3-5-7-9-11-16-20-25(23,21-17-12-10-8-6-4-2)24-22-18-14-13-15-19-22/h13-15,18-19H,3-12,16-17,20-21H2,1-2H3. The molecule has 3 heteroatoms. The Hall–Kier alpha value is -0.473. The molecule has 144 valence electrons. The average Bonchev–Trinajstić information content (AvgIpc) is 2.62. The van der Waals surface area contributed by atoms with Gasteiger partial charge in [0.05, 0.1) is 0 Å². The van der Waals surface area contributed by atoms with Gasteiger partial charge in [0.15, 0.2) is 0 Å². The summed E-state index contributed by atoms with van der Waals surface area (Å²) in [4.78, 5) is 0. The predicted molar refractivity (Wildman–Crippen MR) is 115 cm³/mol. The van der Waals surface area contributed by atoms with Gasteiger partial charge < -0.3 is 4.43 Å². The van der Waals surface area contributed by atoms with E-state index in [2.05, 4.69) is 13.8 Å². The molecule has 0 aromatic heterocycles. The number of hydrogen-bond acceptors (Lipinski definition) is 1. The van der Waals surface area contributed by atoms with E-state index in [1.807, 2.05) is 30.3 Å². The lowest BCUT2D eigenvalue weighted by Crippen LogP contribution is -2.35. The molecule has 0 amide bonds. The van der Waals surface area contributed by atoms with Gasteiger partial charge in [-0.25, -0.2) is 0 Å². The molecule has 0 saturated heterocycles. The summed E-state index contributed by atoms with van der Waals surface area (Å²) in [5, 5.41) is 0. The van der Waals surface area contributed by atoms with Crippen LogP contribution < -0.4 is 4.43 Å². The topological polar surface area (TPSA) is 9.23 Å². The van der Waals surface area contributed by atoms with Crippen LogP contribution >= 0.6 is 11.1 Å². The molecule has 1 rings (SSSR count). The Morgan fingerprint density at radius 3 is 1.60 bits per heavy atom. The molecule has 0 aliphatic rings. The maximum Gasteiger partial charge on any atom is 0.347 e. The Morgan fingerprint density at radius 1 is 0.680 bits per heavy atom. The zero-order chi connectivity index (χ0) is 18.2. The Kier molecular flexibility index (Phi) is 13.2. The first-order valence-corrected chi connectivity index (χ1v) is 14.0. The monoisotopic (exact) mass is 382 g/mol. The Balaban J connectivity index is 2.39. The van der Waals surface area contributed by atoms with Crippen molar-refractivity contribution >= 4 is 18.7 Å². The van der Waals surface area contributed by atoms with Crippen LogP contribution in [-0.4, -0.2) is 7.63 Å². The molecule has 0 N–H and O–H groups in total.